The quantitative estimate of drug-likeness (QED) is 0.527. The van der Waals surface area contributed by atoms with Gasteiger partial charge in [0, 0.05) is 18.4 Å². The van der Waals surface area contributed by atoms with Gasteiger partial charge in [0.1, 0.15) is 0 Å². The van der Waals surface area contributed by atoms with Gasteiger partial charge in [0.2, 0.25) is 0 Å². The summed E-state index contributed by atoms with van der Waals surface area (Å²) in [6.07, 6.45) is -4.04. The zero-order valence-corrected chi connectivity index (χ0v) is 8.67. The van der Waals surface area contributed by atoms with Gasteiger partial charge in [-0.1, -0.05) is 15.9 Å². The van der Waals surface area contributed by atoms with Crippen LogP contribution in [-0.2, 0) is 0 Å². The molecule has 0 rings (SSSR count). The molecule has 0 aromatic heterocycles. The molecule has 0 aliphatic heterocycles. The lowest BCUT2D eigenvalue weighted by Crippen LogP contribution is -2.36. The molecule has 0 aromatic carbocycles. The minimum Gasteiger partial charge on any atom is -0.294 e. The van der Waals surface area contributed by atoms with Crippen LogP contribution in [0.3, 0.4) is 0 Å². The fourth-order valence-corrected chi connectivity index (χ4v) is 1.43. The van der Waals surface area contributed by atoms with Gasteiger partial charge in [0.05, 0.1) is 13.2 Å². The Morgan fingerprint density at radius 2 is 1.77 bits per heavy atom. The fourth-order valence-electron chi connectivity index (χ4n) is 0.926. The van der Waals surface area contributed by atoms with Gasteiger partial charge in [0.15, 0.2) is 0 Å². The molecule has 6 heteroatoms. The number of alkyl halides is 5. The first kappa shape index (κ1) is 13.2. The molecule has 0 radical (unpaired) electrons. The highest BCUT2D eigenvalue weighted by atomic mass is 79.9. The van der Waals surface area contributed by atoms with Gasteiger partial charge in [-0.25, -0.2) is 0 Å². The van der Waals surface area contributed by atoms with Crippen LogP contribution in [0.25, 0.3) is 0 Å². The summed E-state index contributed by atoms with van der Waals surface area (Å²) in [4.78, 5) is 1.19. The Bertz CT molecular complexity index is 128. The maximum atomic E-state index is 11.9. The first-order valence-corrected chi connectivity index (χ1v) is 5.03. The second kappa shape index (κ2) is 6.59. The summed E-state index contributed by atoms with van der Waals surface area (Å²) in [6, 6.07) is 0. The second-order valence-electron chi connectivity index (χ2n) is 2.62. The summed E-state index contributed by atoms with van der Waals surface area (Å²) in [7, 11) is 0. The standard InChI is InChI=1S/C7H12BrF4N/c8-2-5-13(4-1-3-9)6-7(10,11)12/h1-6H2. The Kier molecular flexibility index (Phi) is 6.67. The summed E-state index contributed by atoms with van der Waals surface area (Å²) in [6.45, 7) is -1.09. The van der Waals surface area contributed by atoms with E-state index < -0.39 is 19.4 Å². The first-order chi connectivity index (χ1) is 5.99. The van der Waals surface area contributed by atoms with Crippen molar-refractivity contribution in [1.29, 1.82) is 0 Å². The Labute approximate surface area is 83.2 Å². The molecule has 0 spiro atoms. The van der Waals surface area contributed by atoms with Crippen LogP contribution < -0.4 is 0 Å². The highest BCUT2D eigenvalue weighted by molar-refractivity contribution is 9.09. The molecule has 0 aliphatic carbocycles. The molecule has 0 saturated carbocycles. The Hall–Kier alpha value is 0.160. The van der Waals surface area contributed by atoms with Crippen molar-refractivity contribution >= 4 is 15.9 Å². The third-order valence-corrected chi connectivity index (χ3v) is 1.77. The molecule has 0 aliphatic rings. The summed E-state index contributed by atoms with van der Waals surface area (Å²) in [5.41, 5.74) is 0. The Morgan fingerprint density at radius 1 is 1.15 bits per heavy atom. The van der Waals surface area contributed by atoms with Crippen molar-refractivity contribution in [2.45, 2.75) is 12.6 Å². The normalized spacial score (nSPS) is 12.5. The molecule has 0 aromatic rings. The van der Waals surface area contributed by atoms with Crippen LogP contribution in [0.5, 0.6) is 0 Å². The molecular formula is C7H12BrF4N. The van der Waals surface area contributed by atoms with E-state index in [2.05, 4.69) is 15.9 Å². The third-order valence-electron chi connectivity index (χ3n) is 1.41. The van der Waals surface area contributed by atoms with E-state index in [1.54, 1.807) is 0 Å². The van der Waals surface area contributed by atoms with Crippen LogP contribution in [0.1, 0.15) is 6.42 Å². The Morgan fingerprint density at radius 3 is 2.15 bits per heavy atom. The molecule has 0 amide bonds. The highest BCUT2D eigenvalue weighted by Crippen LogP contribution is 2.16. The maximum Gasteiger partial charge on any atom is 0.401 e. The Balaban J connectivity index is 3.79. The number of hydrogen-bond donors (Lipinski definition) is 0. The van der Waals surface area contributed by atoms with E-state index in [9.17, 15) is 17.6 Å². The van der Waals surface area contributed by atoms with Gasteiger partial charge in [0.25, 0.3) is 0 Å². The lowest BCUT2D eigenvalue weighted by molar-refractivity contribution is -0.145. The smallest absolute Gasteiger partial charge is 0.294 e. The van der Waals surface area contributed by atoms with Crippen molar-refractivity contribution in [3.05, 3.63) is 0 Å². The van der Waals surface area contributed by atoms with Crippen LogP contribution in [0.2, 0.25) is 0 Å². The second-order valence-corrected chi connectivity index (χ2v) is 3.42. The van der Waals surface area contributed by atoms with Crippen molar-refractivity contribution in [2.75, 3.05) is 31.6 Å². The molecule has 0 N–H and O–H groups in total. The summed E-state index contributed by atoms with van der Waals surface area (Å²) in [5, 5.41) is 0.468. The molecule has 0 bridgehead atoms. The van der Waals surface area contributed by atoms with Crippen LogP contribution in [0.15, 0.2) is 0 Å². The van der Waals surface area contributed by atoms with Gasteiger partial charge in [-0.3, -0.25) is 9.29 Å². The SMILES string of the molecule is FCCCN(CCBr)CC(F)(F)F. The molecule has 0 atom stereocenters. The number of hydrogen-bond acceptors (Lipinski definition) is 1. The van der Waals surface area contributed by atoms with E-state index in [0.29, 0.717) is 11.9 Å². The van der Waals surface area contributed by atoms with Crippen molar-refractivity contribution in [3.63, 3.8) is 0 Å². The molecule has 80 valence electrons. The number of nitrogens with zero attached hydrogens (tertiary/aromatic N) is 1. The average molecular weight is 266 g/mol. The number of rotatable bonds is 6. The molecular weight excluding hydrogens is 254 g/mol. The molecule has 1 nitrogen and oxygen atoms in total. The first-order valence-electron chi connectivity index (χ1n) is 3.90. The minimum absolute atomic E-state index is 0.154. The van der Waals surface area contributed by atoms with Crippen LogP contribution >= 0.6 is 15.9 Å². The maximum absolute atomic E-state index is 11.9. The van der Waals surface area contributed by atoms with Crippen LogP contribution in [-0.4, -0.2) is 42.7 Å². The summed E-state index contributed by atoms with van der Waals surface area (Å²) in [5.74, 6) is 0. The van der Waals surface area contributed by atoms with Crippen molar-refractivity contribution < 1.29 is 17.6 Å². The van der Waals surface area contributed by atoms with Gasteiger partial charge >= 0.3 is 6.18 Å². The van der Waals surface area contributed by atoms with E-state index in [-0.39, 0.29) is 13.0 Å². The van der Waals surface area contributed by atoms with E-state index >= 15 is 0 Å². The van der Waals surface area contributed by atoms with Crippen LogP contribution in [0.4, 0.5) is 17.6 Å². The monoisotopic (exact) mass is 265 g/mol. The van der Waals surface area contributed by atoms with Gasteiger partial charge in [-0.15, -0.1) is 0 Å². The fraction of sp³-hybridized carbons (Fsp3) is 1.00. The summed E-state index contributed by atoms with van der Waals surface area (Å²) < 4.78 is 47.4. The van der Waals surface area contributed by atoms with E-state index in [1.807, 2.05) is 0 Å². The predicted octanol–water partition coefficient (Wildman–Crippen LogP) is 2.61. The zero-order chi connectivity index (χ0) is 10.3. The number of halogens is 5. The van der Waals surface area contributed by atoms with Gasteiger partial charge < -0.3 is 0 Å². The zero-order valence-electron chi connectivity index (χ0n) is 7.08. The lowest BCUT2D eigenvalue weighted by Gasteiger charge is -2.21. The van der Waals surface area contributed by atoms with E-state index in [4.69, 9.17) is 0 Å². The van der Waals surface area contributed by atoms with Crippen LogP contribution in [0, 0.1) is 0 Å². The van der Waals surface area contributed by atoms with Crippen molar-refractivity contribution in [1.82, 2.24) is 4.90 Å². The molecule has 0 saturated heterocycles. The van der Waals surface area contributed by atoms with Crippen molar-refractivity contribution in [2.24, 2.45) is 0 Å². The van der Waals surface area contributed by atoms with E-state index in [0.717, 1.165) is 0 Å². The van der Waals surface area contributed by atoms with Gasteiger partial charge in [-0.2, -0.15) is 13.2 Å². The largest absolute Gasteiger partial charge is 0.401 e. The molecule has 0 fully saturated rings. The lowest BCUT2D eigenvalue weighted by atomic mass is 10.4. The molecule has 0 unspecified atom stereocenters. The predicted molar refractivity (Wildman–Crippen MR) is 46.9 cm³/mol. The molecule has 13 heavy (non-hydrogen) atoms. The molecule has 0 heterocycles. The van der Waals surface area contributed by atoms with Gasteiger partial charge in [-0.05, 0) is 6.42 Å². The van der Waals surface area contributed by atoms with E-state index in [1.165, 1.54) is 4.90 Å². The summed E-state index contributed by atoms with van der Waals surface area (Å²) >= 11 is 3.05. The van der Waals surface area contributed by atoms with Crippen molar-refractivity contribution in [3.8, 4) is 0 Å². The highest BCUT2D eigenvalue weighted by Gasteiger charge is 2.29. The average Bonchev–Trinajstić information content (AvgIpc) is 1.98. The third kappa shape index (κ3) is 8.49. The minimum atomic E-state index is -4.20. The topological polar surface area (TPSA) is 3.24 Å².